The minimum Gasteiger partial charge on any atom is -0.0622 e. The maximum atomic E-state index is 5.53. The van der Waals surface area contributed by atoms with Crippen molar-refractivity contribution in [2.75, 3.05) is 13.2 Å². The Morgan fingerprint density at radius 1 is 0.538 bits per heavy atom. The smallest absolute Gasteiger partial charge is 0.0184 e. The first-order valence-electron chi connectivity index (χ1n) is 10.1. The van der Waals surface area contributed by atoms with Crippen LogP contribution in [0.5, 0.6) is 0 Å². The van der Waals surface area contributed by atoms with Crippen molar-refractivity contribution in [1.82, 2.24) is 0 Å². The van der Waals surface area contributed by atoms with E-state index in [0.29, 0.717) is 0 Å². The van der Waals surface area contributed by atoms with Gasteiger partial charge in [-0.3, -0.25) is 0 Å². The third kappa shape index (κ3) is 13.6. The molecule has 0 saturated carbocycles. The van der Waals surface area contributed by atoms with Gasteiger partial charge >= 0.3 is 29.6 Å². The molecule has 0 unspecified atom stereocenters. The van der Waals surface area contributed by atoms with Crippen LogP contribution in [0.2, 0.25) is 0 Å². The molecule has 26 heavy (non-hydrogen) atoms. The molecule has 0 heterocycles. The third-order valence-electron chi connectivity index (χ3n) is 4.17. The van der Waals surface area contributed by atoms with Crippen molar-refractivity contribution in [1.29, 1.82) is 0 Å². The molecule has 1 nitrogen and oxygen atoms in total. The van der Waals surface area contributed by atoms with Crippen molar-refractivity contribution in [2.24, 2.45) is 0 Å². The van der Waals surface area contributed by atoms with Crippen molar-refractivity contribution in [3.8, 4) is 11.1 Å². The standard InChI is InChI=1S/C12H26O.C12H10.Na.H/c1-3-5-7-9-11-13-12-10-8-6-4-2;1-3-7-11(8-4-1)12-9-5-2-6-10-12;;/h3-12H2,1-2H3;1-10H;;. The zero-order valence-electron chi connectivity index (χ0n) is 16.3. The van der Waals surface area contributed by atoms with E-state index in [0.717, 1.165) is 13.2 Å². The van der Waals surface area contributed by atoms with E-state index in [2.05, 4.69) is 62.4 Å². The van der Waals surface area contributed by atoms with Crippen molar-refractivity contribution in [3.05, 3.63) is 60.7 Å². The molecule has 2 aromatic carbocycles. The minimum absolute atomic E-state index is 0. The summed E-state index contributed by atoms with van der Waals surface area (Å²) < 4.78 is 5.53. The Labute approximate surface area is 183 Å². The summed E-state index contributed by atoms with van der Waals surface area (Å²) in [4.78, 5) is 0. The number of hydrogen-bond donors (Lipinski definition) is 0. The van der Waals surface area contributed by atoms with Gasteiger partial charge in [-0.2, -0.15) is 0 Å². The zero-order chi connectivity index (χ0) is 18.0. The van der Waals surface area contributed by atoms with E-state index < -0.39 is 0 Å². The number of rotatable bonds is 11. The second-order valence-electron chi connectivity index (χ2n) is 6.47. The molecule has 0 saturated heterocycles. The summed E-state index contributed by atoms with van der Waals surface area (Å²) in [6.07, 6.45) is 10.5. The molecule has 140 valence electrons. The largest absolute Gasteiger partial charge is 0.0622 e. The fourth-order valence-corrected chi connectivity index (χ4v) is 2.63. The van der Waals surface area contributed by atoms with Crippen LogP contribution in [-0.4, -0.2) is 42.8 Å². The van der Waals surface area contributed by atoms with E-state index >= 15 is 0 Å². The number of hydrogen-bond acceptors (Lipinski definition) is 1. The quantitative estimate of drug-likeness (QED) is 0.312. The van der Waals surface area contributed by atoms with E-state index in [4.69, 9.17) is 4.74 Å². The Bertz CT molecular complexity index is 451. The molecule has 0 aliphatic carbocycles. The summed E-state index contributed by atoms with van der Waals surface area (Å²) in [5, 5.41) is 0. The Morgan fingerprint density at radius 3 is 1.27 bits per heavy atom. The number of ether oxygens (including phenoxy) is 1. The van der Waals surface area contributed by atoms with Gasteiger partial charge in [0.1, 0.15) is 0 Å². The summed E-state index contributed by atoms with van der Waals surface area (Å²) in [5.74, 6) is 0. The maximum absolute atomic E-state index is 5.53. The monoisotopic (exact) mass is 364 g/mol. The van der Waals surface area contributed by atoms with E-state index in [9.17, 15) is 0 Å². The van der Waals surface area contributed by atoms with E-state index in [1.165, 1.54) is 62.5 Å². The molecule has 2 heteroatoms. The average Bonchev–Trinajstić information content (AvgIpc) is 2.69. The molecule has 2 aromatic rings. The predicted octanol–water partition coefficient (Wildman–Crippen LogP) is 6.87. The van der Waals surface area contributed by atoms with Crippen molar-refractivity contribution >= 4 is 29.6 Å². The third-order valence-corrected chi connectivity index (χ3v) is 4.17. The van der Waals surface area contributed by atoms with Crippen molar-refractivity contribution < 1.29 is 4.74 Å². The van der Waals surface area contributed by atoms with Gasteiger partial charge in [0.25, 0.3) is 0 Å². The molecule has 0 spiro atoms. The summed E-state index contributed by atoms with van der Waals surface area (Å²) in [5.41, 5.74) is 2.55. The first-order chi connectivity index (χ1) is 12.4. The SMILES string of the molecule is CCCCCCOCCCCCC.[NaH].c1ccc(-c2ccccc2)cc1. The van der Waals surface area contributed by atoms with Crippen LogP contribution >= 0.6 is 0 Å². The fourth-order valence-electron chi connectivity index (χ4n) is 2.63. The Kier molecular flexibility index (Phi) is 18.7. The van der Waals surface area contributed by atoms with Crippen molar-refractivity contribution in [3.63, 3.8) is 0 Å². The van der Waals surface area contributed by atoms with Gasteiger partial charge in [0.2, 0.25) is 0 Å². The van der Waals surface area contributed by atoms with Gasteiger partial charge < -0.3 is 4.74 Å². The second-order valence-corrected chi connectivity index (χ2v) is 6.47. The molecule has 0 fully saturated rings. The zero-order valence-corrected chi connectivity index (χ0v) is 16.3. The van der Waals surface area contributed by atoms with Gasteiger partial charge in [-0.15, -0.1) is 0 Å². The molecular weight excluding hydrogens is 327 g/mol. The summed E-state index contributed by atoms with van der Waals surface area (Å²) >= 11 is 0. The van der Waals surface area contributed by atoms with Crippen LogP contribution in [0.3, 0.4) is 0 Å². The van der Waals surface area contributed by atoms with Gasteiger partial charge in [0, 0.05) is 13.2 Å². The summed E-state index contributed by atoms with van der Waals surface area (Å²) in [6, 6.07) is 20.8. The Morgan fingerprint density at radius 2 is 0.923 bits per heavy atom. The normalized spacial score (nSPS) is 9.77. The van der Waals surface area contributed by atoms with Crippen LogP contribution in [0.15, 0.2) is 60.7 Å². The van der Waals surface area contributed by atoms with Gasteiger partial charge in [-0.25, -0.2) is 0 Å². The summed E-state index contributed by atoms with van der Waals surface area (Å²) in [6.45, 7) is 6.44. The molecule has 0 amide bonds. The van der Waals surface area contributed by atoms with Gasteiger partial charge in [-0.05, 0) is 24.0 Å². The topological polar surface area (TPSA) is 9.23 Å². The fraction of sp³-hybridized carbons (Fsp3) is 0.500. The average molecular weight is 365 g/mol. The maximum Gasteiger partial charge on any atom is -0.0184 e. The van der Waals surface area contributed by atoms with E-state index in [1.807, 2.05) is 12.1 Å². The first kappa shape index (κ1) is 25.4. The molecule has 0 aliphatic rings. The van der Waals surface area contributed by atoms with Gasteiger partial charge in [0.05, 0.1) is 0 Å². The number of unbranched alkanes of at least 4 members (excludes halogenated alkanes) is 6. The number of benzene rings is 2. The molecule has 0 atom stereocenters. The molecule has 0 N–H and O–H groups in total. The molecular formula is C24H37NaO. The van der Waals surface area contributed by atoms with E-state index in [-0.39, 0.29) is 29.6 Å². The van der Waals surface area contributed by atoms with Crippen LogP contribution in [0.25, 0.3) is 11.1 Å². The first-order valence-corrected chi connectivity index (χ1v) is 10.1. The Balaban J connectivity index is 0.000000463. The molecule has 0 aliphatic heterocycles. The van der Waals surface area contributed by atoms with E-state index in [1.54, 1.807) is 0 Å². The van der Waals surface area contributed by atoms with Crippen LogP contribution in [-0.2, 0) is 4.74 Å². The molecule has 0 radical (unpaired) electrons. The van der Waals surface area contributed by atoms with Gasteiger partial charge in [0.15, 0.2) is 0 Å². The summed E-state index contributed by atoms with van der Waals surface area (Å²) in [7, 11) is 0. The van der Waals surface area contributed by atoms with Crippen LogP contribution in [0.4, 0.5) is 0 Å². The van der Waals surface area contributed by atoms with Gasteiger partial charge in [-0.1, -0.05) is 113 Å². The second kappa shape index (κ2) is 19.2. The predicted molar refractivity (Wildman–Crippen MR) is 118 cm³/mol. The molecule has 2 rings (SSSR count). The van der Waals surface area contributed by atoms with Crippen LogP contribution < -0.4 is 0 Å². The van der Waals surface area contributed by atoms with Crippen molar-refractivity contribution in [2.45, 2.75) is 65.2 Å². The Hall–Kier alpha value is -0.600. The van der Waals surface area contributed by atoms with Crippen LogP contribution in [0, 0.1) is 0 Å². The van der Waals surface area contributed by atoms with Crippen LogP contribution in [0.1, 0.15) is 65.2 Å². The molecule has 0 aromatic heterocycles. The molecule has 0 bridgehead atoms. The minimum atomic E-state index is 0.